The largest absolute Gasteiger partial charge is 0.494 e. The van der Waals surface area contributed by atoms with Crippen LogP contribution >= 0.6 is 0 Å². The predicted molar refractivity (Wildman–Crippen MR) is 153 cm³/mol. The number of piperazine rings is 1. The van der Waals surface area contributed by atoms with Crippen molar-refractivity contribution in [2.75, 3.05) is 56.7 Å². The van der Waals surface area contributed by atoms with Gasteiger partial charge in [-0.1, -0.05) is 6.07 Å². The standard InChI is InChI=1S/C24H26FN7O2.C4H4O4/c1-34-21-14-17(31-10-8-30(9-11-31)12-13-33)5-6-19(21)28-24-27-15-18(25)23(29-24)20-16-26-22-4-2-3-7-32(20)22;5-3(6)1-2-4(7)8/h2-7,14-16,33H,8-13H2,1H3,(H,27,28,29);1-2H,(H,5,6)(H,7,8)/b;2-1+. The third kappa shape index (κ3) is 7.56. The lowest BCUT2D eigenvalue weighted by Crippen LogP contribution is -2.47. The van der Waals surface area contributed by atoms with Gasteiger partial charge >= 0.3 is 11.9 Å². The second-order valence-corrected chi connectivity index (χ2v) is 9.03. The summed E-state index contributed by atoms with van der Waals surface area (Å²) < 4.78 is 22.0. The van der Waals surface area contributed by atoms with E-state index in [1.807, 2.05) is 42.6 Å². The van der Waals surface area contributed by atoms with Gasteiger partial charge in [0.2, 0.25) is 5.95 Å². The van der Waals surface area contributed by atoms with E-state index in [2.05, 4.69) is 30.1 Å². The number of anilines is 3. The van der Waals surface area contributed by atoms with Crippen molar-refractivity contribution in [3.8, 4) is 17.1 Å². The normalized spacial score (nSPS) is 13.5. The summed E-state index contributed by atoms with van der Waals surface area (Å²) in [6, 6.07) is 11.5. The molecule has 4 N–H and O–H groups in total. The SMILES string of the molecule is COc1cc(N2CCN(CCO)CC2)ccc1Nc1ncc(F)c(-c2cnc3ccccn23)n1.O=C(O)/C=C/C(=O)O. The van der Waals surface area contributed by atoms with Crippen LogP contribution in [0.1, 0.15) is 0 Å². The number of pyridine rings is 1. The van der Waals surface area contributed by atoms with Crippen molar-refractivity contribution in [3.63, 3.8) is 0 Å². The lowest BCUT2D eigenvalue weighted by Gasteiger charge is -2.36. The van der Waals surface area contributed by atoms with Crippen LogP contribution in [0.15, 0.2) is 67.1 Å². The van der Waals surface area contributed by atoms with Crippen LogP contribution < -0.4 is 15.0 Å². The molecule has 3 aromatic heterocycles. The number of hydrogen-bond acceptors (Lipinski definition) is 10. The van der Waals surface area contributed by atoms with Gasteiger partial charge in [-0.05, 0) is 24.3 Å². The Balaban J connectivity index is 0.000000446. The highest BCUT2D eigenvalue weighted by Gasteiger charge is 2.19. The van der Waals surface area contributed by atoms with E-state index in [1.54, 1.807) is 17.7 Å². The minimum absolute atomic E-state index is 0.160. The molecule has 1 aliphatic heterocycles. The van der Waals surface area contributed by atoms with Crippen molar-refractivity contribution in [1.29, 1.82) is 0 Å². The quantitative estimate of drug-likeness (QED) is 0.214. The van der Waals surface area contributed by atoms with E-state index < -0.39 is 17.8 Å². The van der Waals surface area contributed by atoms with Gasteiger partial charge in [0, 0.05) is 62.8 Å². The summed E-state index contributed by atoms with van der Waals surface area (Å²) in [4.78, 5) is 36.5. The van der Waals surface area contributed by atoms with Crippen molar-refractivity contribution < 1.29 is 34.0 Å². The van der Waals surface area contributed by atoms with E-state index in [0.717, 1.165) is 38.1 Å². The van der Waals surface area contributed by atoms with E-state index in [0.29, 0.717) is 41.5 Å². The van der Waals surface area contributed by atoms with Crippen molar-refractivity contribution in [3.05, 3.63) is 73.0 Å². The Hall–Kier alpha value is -5.08. The average molecular weight is 580 g/mol. The summed E-state index contributed by atoms with van der Waals surface area (Å²) in [7, 11) is 1.61. The molecule has 0 aliphatic carbocycles. The monoisotopic (exact) mass is 579 g/mol. The molecule has 1 fully saturated rings. The van der Waals surface area contributed by atoms with E-state index in [-0.39, 0.29) is 18.2 Å². The molecule has 14 heteroatoms. The summed E-state index contributed by atoms with van der Waals surface area (Å²) in [5, 5.41) is 27.9. The Morgan fingerprint density at radius 2 is 1.79 bits per heavy atom. The number of nitrogens with zero attached hydrogens (tertiary/aromatic N) is 6. The fourth-order valence-corrected chi connectivity index (χ4v) is 4.33. The fraction of sp³-hybridized carbons (Fsp3) is 0.250. The number of aliphatic hydroxyl groups excluding tert-OH is 1. The number of fused-ring (bicyclic) bond motifs is 1. The minimum Gasteiger partial charge on any atom is -0.494 e. The molecule has 0 saturated carbocycles. The number of rotatable bonds is 9. The lowest BCUT2D eigenvalue weighted by atomic mass is 10.2. The molecule has 1 aliphatic rings. The van der Waals surface area contributed by atoms with Crippen LogP contribution in [0.2, 0.25) is 0 Å². The molecule has 1 saturated heterocycles. The zero-order valence-corrected chi connectivity index (χ0v) is 22.7. The first kappa shape index (κ1) is 29.9. The number of carboxylic acids is 2. The maximum Gasteiger partial charge on any atom is 0.328 e. The molecule has 0 atom stereocenters. The first-order chi connectivity index (χ1) is 20.3. The molecule has 220 valence electrons. The number of aliphatic carboxylic acids is 2. The number of carbonyl (C=O) groups is 2. The Kier molecular flexibility index (Phi) is 9.97. The molecular formula is C28H30FN7O6. The molecule has 0 unspecified atom stereocenters. The predicted octanol–water partition coefficient (Wildman–Crippen LogP) is 2.51. The summed E-state index contributed by atoms with van der Waals surface area (Å²) in [6.45, 7) is 4.43. The summed E-state index contributed by atoms with van der Waals surface area (Å²) >= 11 is 0. The number of benzene rings is 1. The third-order valence-electron chi connectivity index (χ3n) is 6.36. The number of nitrogens with one attached hydrogen (secondary N) is 1. The van der Waals surface area contributed by atoms with E-state index >= 15 is 0 Å². The van der Waals surface area contributed by atoms with E-state index in [9.17, 15) is 14.0 Å². The average Bonchev–Trinajstić information content (AvgIpc) is 3.42. The molecule has 13 nitrogen and oxygen atoms in total. The van der Waals surface area contributed by atoms with Gasteiger partial charge in [0.1, 0.15) is 17.1 Å². The first-order valence-electron chi connectivity index (χ1n) is 12.9. The summed E-state index contributed by atoms with van der Waals surface area (Å²) in [6.07, 6.45) is 5.68. The maximum atomic E-state index is 14.6. The minimum atomic E-state index is -1.26. The molecule has 5 rings (SSSR count). The molecule has 0 spiro atoms. The molecule has 4 heterocycles. The first-order valence-corrected chi connectivity index (χ1v) is 12.9. The maximum absolute atomic E-state index is 14.6. The van der Waals surface area contributed by atoms with Crippen molar-refractivity contribution in [2.24, 2.45) is 0 Å². The number of ether oxygens (including phenoxy) is 1. The highest BCUT2D eigenvalue weighted by atomic mass is 19.1. The zero-order valence-electron chi connectivity index (χ0n) is 22.7. The van der Waals surface area contributed by atoms with Crippen molar-refractivity contribution in [2.45, 2.75) is 0 Å². The third-order valence-corrected chi connectivity index (χ3v) is 6.36. The van der Waals surface area contributed by atoms with Gasteiger partial charge in [-0.15, -0.1) is 0 Å². The topological polar surface area (TPSA) is 166 Å². The van der Waals surface area contributed by atoms with Gasteiger partial charge in [-0.3, -0.25) is 9.30 Å². The van der Waals surface area contributed by atoms with Crippen LogP contribution in [-0.2, 0) is 9.59 Å². The van der Waals surface area contributed by atoms with Gasteiger partial charge in [0.05, 0.1) is 37.5 Å². The highest BCUT2D eigenvalue weighted by Crippen LogP contribution is 2.32. The van der Waals surface area contributed by atoms with Gasteiger partial charge in [-0.2, -0.15) is 0 Å². The van der Waals surface area contributed by atoms with Crippen LogP contribution in [-0.4, -0.2) is 98.0 Å². The summed E-state index contributed by atoms with van der Waals surface area (Å²) in [5.74, 6) is -2.15. The molecule has 42 heavy (non-hydrogen) atoms. The number of imidazole rings is 1. The Morgan fingerprint density at radius 1 is 1.05 bits per heavy atom. The van der Waals surface area contributed by atoms with Crippen LogP contribution in [0, 0.1) is 5.82 Å². The van der Waals surface area contributed by atoms with Crippen LogP contribution in [0.4, 0.5) is 21.7 Å². The van der Waals surface area contributed by atoms with Crippen LogP contribution in [0.5, 0.6) is 5.75 Å². The number of methoxy groups -OCH3 is 1. The molecule has 0 radical (unpaired) electrons. The molecule has 0 amide bonds. The van der Waals surface area contributed by atoms with Gasteiger partial charge in [-0.25, -0.2) is 28.9 Å². The van der Waals surface area contributed by atoms with E-state index in [4.69, 9.17) is 20.1 Å². The number of hydrogen-bond donors (Lipinski definition) is 4. The van der Waals surface area contributed by atoms with Gasteiger partial charge < -0.3 is 30.3 Å². The number of halogens is 1. The number of aromatic nitrogens is 4. The highest BCUT2D eigenvalue weighted by molar-refractivity contribution is 5.89. The summed E-state index contributed by atoms with van der Waals surface area (Å²) in [5.41, 5.74) is 3.14. The van der Waals surface area contributed by atoms with Crippen molar-refractivity contribution in [1.82, 2.24) is 24.3 Å². The van der Waals surface area contributed by atoms with E-state index in [1.165, 1.54) is 0 Å². The van der Waals surface area contributed by atoms with Crippen LogP contribution in [0.3, 0.4) is 0 Å². The number of aliphatic hydroxyl groups is 1. The smallest absolute Gasteiger partial charge is 0.328 e. The Bertz CT molecular complexity index is 1550. The number of β-amino-alcohol motifs (C(OH)–C–C–N with tert-alkyl or cyclic N) is 1. The number of carboxylic acid groups (broad SMARTS) is 2. The Morgan fingerprint density at radius 3 is 2.45 bits per heavy atom. The lowest BCUT2D eigenvalue weighted by molar-refractivity contribution is -0.134. The van der Waals surface area contributed by atoms with Gasteiger partial charge in [0.15, 0.2) is 5.82 Å². The van der Waals surface area contributed by atoms with Crippen LogP contribution in [0.25, 0.3) is 17.0 Å². The molecule has 4 aromatic rings. The zero-order chi connectivity index (χ0) is 30.1. The molecular weight excluding hydrogens is 549 g/mol. The van der Waals surface area contributed by atoms with Gasteiger partial charge in [0.25, 0.3) is 0 Å². The molecule has 1 aromatic carbocycles. The Labute approximate surface area is 240 Å². The molecule has 0 bridgehead atoms. The fourth-order valence-electron chi connectivity index (χ4n) is 4.33. The van der Waals surface area contributed by atoms with Crippen molar-refractivity contribution >= 4 is 34.9 Å². The second-order valence-electron chi connectivity index (χ2n) is 9.03. The second kappa shape index (κ2) is 14.0.